The lowest BCUT2D eigenvalue weighted by Crippen LogP contribution is -2.34. The number of nitrogens with zero attached hydrogens (tertiary/aromatic N) is 2. The highest BCUT2D eigenvalue weighted by atomic mass is 35.5. The molecule has 0 bridgehead atoms. The Labute approximate surface area is 95.0 Å². The van der Waals surface area contributed by atoms with E-state index in [1.165, 1.54) is 5.69 Å². The quantitative estimate of drug-likeness (QED) is 0.764. The van der Waals surface area contributed by atoms with Gasteiger partial charge in [-0.15, -0.1) is 11.6 Å². The lowest BCUT2D eigenvalue weighted by atomic mass is 10.1. The van der Waals surface area contributed by atoms with Crippen LogP contribution in [0.5, 0.6) is 0 Å². The summed E-state index contributed by atoms with van der Waals surface area (Å²) < 4.78 is 2.02. The fourth-order valence-electron chi connectivity index (χ4n) is 1.96. The molecule has 2 unspecified atom stereocenters. The molecule has 1 saturated heterocycles. The number of halogens is 1. The summed E-state index contributed by atoms with van der Waals surface area (Å²) in [5.74, 6) is 0.487. The Bertz CT molecular complexity index is 336. The van der Waals surface area contributed by atoms with Crippen molar-refractivity contribution >= 4 is 11.6 Å². The molecule has 1 aromatic heterocycles. The zero-order valence-corrected chi connectivity index (χ0v) is 9.88. The first-order valence-electron chi connectivity index (χ1n) is 5.29. The number of rotatable bonds is 3. The monoisotopic (exact) mass is 228 g/mol. The van der Waals surface area contributed by atoms with Crippen LogP contribution in [0.25, 0.3) is 0 Å². The largest absolute Gasteiger partial charge is 0.268 e. The number of hydrogen-bond donors (Lipinski definition) is 2. The third kappa shape index (κ3) is 2.51. The molecule has 0 aromatic carbocycles. The van der Waals surface area contributed by atoms with E-state index < -0.39 is 0 Å². The Morgan fingerprint density at radius 2 is 2.40 bits per heavy atom. The molecule has 0 saturated carbocycles. The van der Waals surface area contributed by atoms with E-state index in [0.717, 1.165) is 18.7 Å². The van der Waals surface area contributed by atoms with E-state index in [-0.39, 0.29) is 0 Å². The van der Waals surface area contributed by atoms with Gasteiger partial charge in [0.25, 0.3) is 0 Å². The molecule has 4 nitrogen and oxygen atoms in total. The minimum atomic E-state index is 0.460. The molecular weight excluding hydrogens is 212 g/mol. The molecule has 2 heterocycles. The van der Waals surface area contributed by atoms with Crippen molar-refractivity contribution in [1.82, 2.24) is 20.6 Å². The molecular formula is C10H17ClN4. The average molecular weight is 229 g/mol. The Kier molecular flexibility index (Phi) is 3.29. The molecule has 2 atom stereocenters. The highest BCUT2D eigenvalue weighted by molar-refractivity contribution is 6.16. The van der Waals surface area contributed by atoms with Gasteiger partial charge in [-0.3, -0.25) is 15.5 Å². The SMILES string of the molecule is Cc1cc(CCl)nn1CC1CC(C)NN1. The van der Waals surface area contributed by atoms with Gasteiger partial charge in [-0.2, -0.15) is 5.10 Å². The number of nitrogens with one attached hydrogen (secondary N) is 2. The van der Waals surface area contributed by atoms with Gasteiger partial charge in [0.2, 0.25) is 0 Å². The Balaban J connectivity index is 2.00. The van der Waals surface area contributed by atoms with Crippen LogP contribution >= 0.6 is 11.6 Å². The van der Waals surface area contributed by atoms with Gasteiger partial charge in [-0.1, -0.05) is 0 Å². The second-order valence-electron chi connectivity index (χ2n) is 4.22. The second-order valence-corrected chi connectivity index (χ2v) is 4.48. The number of aryl methyl sites for hydroxylation is 1. The van der Waals surface area contributed by atoms with Crippen LogP contribution in [0.2, 0.25) is 0 Å². The number of hydrazine groups is 1. The summed E-state index contributed by atoms with van der Waals surface area (Å²) in [4.78, 5) is 0. The summed E-state index contributed by atoms with van der Waals surface area (Å²) in [6.45, 7) is 5.14. The van der Waals surface area contributed by atoms with Gasteiger partial charge in [0.05, 0.1) is 18.1 Å². The maximum absolute atomic E-state index is 5.75. The molecule has 2 rings (SSSR count). The van der Waals surface area contributed by atoms with Crippen LogP contribution in [0, 0.1) is 6.92 Å². The zero-order chi connectivity index (χ0) is 10.8. The van der Waals surface area contributed by atoms with Crippen molar-refractivity contribution in [2.75, 3.05) is 0 Å². The minimum absolute atomic E-state index is 0.460. The van der Waals surface area contributed by atoms with Crippen molar-refractivity contribution in [1.29, 1.82) is 0 Å². The first-order chi connectivity index (χ1) is 7.19. The molecule has 15 heavy (non-hydrogen) atoms. The van der Waals surface area contributed by atoms with Gasteiger partial charge in [-0.25, -0.2) is 0 Å². The van der Waals surface area contributed by atoms with Crippen molar-refractivity contribution in [3.05, 3.63) is 17.5 Å². The summed E-state index contributed by atoms with van der Waals surface area (Å²) in [5, 5.41) is 4.43. The Morgan fingerprint density at radius 3 is 2.93 bits per heavy atom. The van der Waals surface area contributed by atoms with Crippen LogP contribution in [0.15, 0.2) is 6.07 Å². The van der Waals surface area contributed by atoms with Crippen LogP contribution in [0.3, 0.4) is 0 Å². The minimum Gasteiger partial charge on any atom is -0.268 e. The normalized spacial score (nSPS) is 26.1. The van der Waals surface area contributed by atoms with E-state index in [2.05, 4.69) is 29.8 Å². The van der Waals surface area contributed by atoms with Crippen molar-refractivity contribution in [3.8, 4) is 0 Å². The summed E-state index contributed by atoms with van der Waals surface area (Å²) in [6, 6.07) is 3.04. The lowest BCUT2D eigenvalue weighted by molar-refractivity contribution is 0.448. The molecule has 0 spiro atoms. The van der Waals surface area contributed by atoms with E-state index in [9.17, 15) is 0 Å². The van der Waals surface area contributed by atoms with Crippen LogP contribution in [0.4, 0.5) is 0 Å². The van der Waals surface area contributed by atoms with Gasteiger partial charge in [-0.05, 0) is 26.3 Å². The molecule has 1 fully saturated rings. The van der Waals surface area contributed by atoms with Crippen LogP contribution < -0.4 is 10.9 Å². The van der Waals surface area contributed by atoms with E-state index in [0.29, 0.717) is 18.0 Å². The molecule has 1 aromatic rings. The third-order valence-corrected chi connectivity index (χ3v) is 3.01. The van der Waals surface area contributed by atoms with Gasteiger partial charge < -0.3 is 0 Å². The van der Waals surface area contributed by atoms with E-state index in [1.54, 1.807) is 0 Å². The van der Waals surface area contributed by atoms with Crippen LogP contribution in [-0.2, 0) is 12.4 Å². The summed E-state index contributed by atoms with van der Waals surface area (Å²) >= 11 is 5.75. The van der Waals surface area contributed by atoms with E-state index in [4.69, 9.17) is 11.6 Å². The molecule has 5 heteroatoms. The zero-order valence-electron chi connectivity index (χ0n) is 9.13. The second kappa shape index (κ2) is 4.51. The van der Waals surface area contributed by atoms with Crippen molar-refractivity contribution in [2.45, 2.75) is 44.8 Å². The fourth-order valence-corrected chi connectivity index (χ4v) is 2.09. The van der Waals surface area contributed by atoms with Gasteiger partial charge in [0, 0.05) is 17.8 Å². The predicted molar refractivity (Wildman–Crippen MR) is 60.7 cm³/mol. The maximum Gasteiger partial charge on any atom is 0.0775 e. The lowest BCUT2D eigenvalue weighted by Gasteiger charge is -2.10. The molecule has 0 aliphatic carbocycles. The van der Waals surface area contributed by atoms with Crippen molar-refractivity contribution in [3.63, 3.8) is 0 Å². The Hall–Kier alpha value is -0.580. The molecule has 0 amide bonds. The molecule has 2 N–H and O–H groups in total. The van der Waals surface area contributed by atoms with Gasteiger partial charge in [0.15, 0.2) is 0 Å². The van der Waals surface area contributed by atoms with Crippen LogP contribution in [0.1, 0.15) is 24.7 Å². The van der Waals surface area contributed by atoms with Gasteiger partial charge in [0.1, 0.15) is 0 Å². The average Bonchev–Trinajstić information content (AvgIpc) is 2.75. The van der Waals surface area contributed by atoms with Crippen LogP contribution in [-0.4, -0.2) is 21.9 Å². The first kappa shape index (κ1) is 10.9. The Morgan fingerprint density at radius 1 is 1.60 bits per heavy atom. The van der Waals surface area contributed by atoms with Crippen molar-refractivity contribution < 1.29 is 0 Å². The highest BCUT2D eigenvalue weighted by Crippen LogP contribution is 2.10. The van der Waals surface area contributed by atoms with Crippen molar-refractivity contribution in [2.24, 2.45) is 0 Å². The molecule has 84 valence electrons. The van der Waals surface area contributed by atoms with E-state index >= 15 is 0 Å². The number of aromatic nitrogens is 2. The van der Waals surface area contributed by atoms with Gasteiger partial charge >= 0.3 is 0 Å². The third-order valence-electron chi connectivity index (χ3n) is 2.73. The smallest absolute Gasteiger partial charge is 0.0775 e. The standard InChI is InChI=1S/C10H17ClN4/c1-7-3-10(13-12-7)6-15-8(2)4-9(5-11)14-15/h4,7,10,12-13H,3,5-6H2,1-2H3. The highest BCUT2D eigenvalue weighted by Gasteiger charge is 2.21. The fraction of sp³-hybridized carbons (Fsp3) is 0.700. The topological polar surface area (TPSA) is 41.9 Å². The molecule has 1 aliphatic rings. The van der Waals surface area contributed by atoms with E-state index in [1.807, 2.05) is 10.7 Å². The molecule has 1 aliphatic heterocycles. The first-order valence-corrected chi connectivity index (χ1v) is 5.83. The summed E-state index contributed by atoms with van der Waals surface area (Å²) in [5.41, 5.74) is 8.60. The maximum atomic E-state index is 5.75. The number of alkyl halides is 1. The number of hydrogen-bond acceptors (Lipinski definition) is 3. The molecule has 0 radical (unpaired) electrons. The predicted octanol–water partition coefficient (Wildman–Crippen LogP) is 1.19. The summed E-state index contributed by atoms with van der Waals surface area (Å²) in [7, 11) is 0. The summed E-state index contributed by atoms with van der Waals surface area (Å²) in [6.07, 6.45) is 1.13.